The van der Waals surface area contributed by atoms with Gasteiger partial charge in [-0.1, -0.05) is 25.1 Å². The number of benzene rings is 1. The van der Waals surface area contributed by atoms with Crippen LogP contribution in [0.3, 0.4) is 0 Å². The first kappa shape index (κ1) is 29.4. The minimum absolute atomic E-state index is 0.160. The highest BCUT2D eigenvalue weighted by Crippen LogP contribution is 2.31. The average molecular weight is 554 g/mol. The average Bonchev–Trinajstić information content (AvgIpc) is 3.09. The number of hydrogen-bond acceptors (Lipinski definition) is 9. The number of nitrogens with one attached hydrogen (secondary N) is 1. The zero-order valence-electron chi connectivity index (χ0n) is 21.9. The summed E-state index contributed by atoms with van der Waals surface area (Å²) in [6.45, 7) is 5.33. The van der Waals surface area contributed by atoms with Crippen molar-refractivity contribution in [1.29, 1.82) is 0 Å². The molecule has 2 aliphatic heterocycles. The van der Waals surface area contributed by atoms with Gasteiger partial charge in [-0.15, -0.1) is 4.28 Å². The van der Waals surface area contributed by atoms with Gasteiger partial charge in [0.15, 0.2) is 6.73 Å². The molecule has 3 rings (SSSR count). The van der Waals surface area contributed by atoms with Crippen LogP contribution in [-0.2, 0) is 33.5 Å². The number of nitrogens with zero attached hydrogens (tertiary/aromatic N) is 2. The van der Waals surface area contributed by atoms with E-state index in [0.29, 0.717) is 31.2 Å². The summed E-state index contributed by atoms with van der Waals surface area (Å²) in [5, 5.41) is 3.30. The molecule has 0 saturated carbocycles. The molecular formula is C25H35N3O9S. The number of hydrogen-bond donors (Lipinski definition) is 1. The van der Waals surface area contributed by atoms with Gasteiger partial charge in [0.1, 0.15) is 6.04 Å². The Hall–Kier alpha value is -3.19. The lowest BCUT2D eigenvalue weighted by molar-refractivity contribution is -0.145. The van der Waals surface area contributed by atoms with Crippen molar-refractivity contribution in [3.05, 3.63) is 34.9 Å². The third kappa shape index (κ3) is 7.44. The maximum atomic E-state index is 12.8. The number of amides is 3. The van der Waals surface area contributed by atoms with Gasteiger partial charge in [0, 0.05) is 13.0 Å². The molecule has 2 fully saturated rings. The second kappa shape index (κ2) is 13.1. The van der Waals surface area contributed by atoms with Gasteiger partial charge < -0.3 is 19.7 Å². The summed E-state index contributed by atoms with van der Waals surface area (Å²) in [6, 6.07) is 3.57. The second-order valence-electron chi connectivity index (χ2n) is 9.36. The highest BCUT2D eigenvalue weighted by molar-refractivity contribution is 7.86. The zero-order valence-corrected chi connectivity index (χ0v) is 22.8. The molecular weight excluding hydrogens is 518 g/mol. The summed E-state index contributed by atoms with van der Waals surface area (Å²) in [4.78, 5) is 50.1. The molecule has 12 nitrogen and oxygen atoms in total. The van der Waals surface area contributed by atoms with E-state index >= 15 is 0 Å². The van der Waals surface area contributed by atoms with E-state index in [2.05, 4.69) is 5.32 Å². The Morgan fingerprint density at radius 2 is 1.76 bits per heavy atom. The number of unbranched alkanes of at least 4 members (excludes halogenated alkanes) is 2. The Bertz CT molecular complexity index is 1130. The molecule has 2 aliphatic rings. The van der Waals surface area contributed by atoms with Gasteiger partial charge in [-0.3, -0.25) is 9.59 Å². The Morgan fingerprint density at radius 1 is 1.05 bits per heavy atom. The van der Waals surface area contributed by atoms with Crippen LogP contribution in [0.1, 0.15) is 66.9 Å². The lowest BCUT2D eigenvalue weighted by Gasteiger charge is -2.29. The number of piperidine rings is 1. The number of ether oxygens (including phenoxy) is 2. The number of esters is 2. The zero-order chi connectivity index (χ0) is 27.9. The number of carbonyl (C=O) groups excluding carboxylic acids is 4. The predicted molar refractivity (Wildman–Crippen MR) is 135 cm³/mol. The Kier molecular flexibility index (Phi) is 10.1. The minimum atomic E-state index is -4.05. The summed E-state index contributed by atoms with van der Waals surface area (Å²) in [7, 11) is -4.05. The first-order chi connectivity index (χ1) is 18.0. The molecule has 3 amide bonds. The normalized spacial score (nSPS) is 18.9. The topological polar surface area (TPSA) is 149 Å². The van der Waals surface area contributed by atoms with Gasteiger partial charge in [-0.25, -0.2) is 9.59 Å². The van der Waals surface area contributed by atoms with Crippen molar-refractivity contribution >= 4 is 34.0 Å². The monoisotopic (exact) mass is 553 g/mol. The molecule has 1 aromatic rings. The van der Waals surface area contributed by atoms with Crippen LogP contribution in [0.15, 0.2) is 18.2 Å². The summed E-state index contributed by atoms with van der Waals surface area (Å²) in [5.41, 5.74) is 2.21. The maximum Gasteiger partial charge on any atom is 0.346 e. The minimum Gasteiger partial charge on any atom is -0.462 e. The SMILES string of the molecule is CCC(=O)OCNC(=O)[C@@H]1CC[C@@H]2CN1C(=O)N2OS(=O)(=O)CCCCCOC(=O)c1c(C)cccc1C. The molecule has 38 heavy (non-hydrogen) atoms. The van der Waals surface area contributed by atoms with Crippen molar-refractivity contribution in [2.45, 2.75) is 71.4 Å². The van der Waals surface area contributed by atoms with Gasteiger partial charge >= 0.3 is 18.0 Å². The van der Waals surface area contributed by atoms with Crippen molar-refractivity contribution in [1.82, 2.24) is 15.3 Å². The number of aryl methyl sites for hydroxylation is 2. The molecule has 0 aromatic heterocycles. The van der Waals surface area contributed by atoms with Crippen LogP contribution in [-0.4, -0.2) is 80.0 Å². The standard InChI is InChI=1S/C25H35N3O9S/c1-4-21(29)36-16-26-23(30)20-12-11-19-15-27(20)25(32)28(19)37-38(33,34)14-7-5-6-13-35-24(31)22-17(2)9-8-10-18(22)3/h8-10,19-20H,4-7,11-16H2,1-3H3,(H,26,30)/t19-,20+/m1/s1. The molecule has 1 N–H and O–H groups in total. The number of rotatable bonds is 13. The lowest BCUT2D eigenvalue weighted by atomic mass is 10.0. The fourth-order valence-corrected chi connectivity index (χ4v) is 5.56. The summed E-state index contributed by atoms with van der Waals surface area (Å²) < 4.78 is 40.3. The summed E-state index contributed by atoms with van der Waals surface area (Å²) in [5.74, 6) is -1.65. The number of fused-ring (bicyclic) bond motifs is 2. The quantitative estimate of drug-likeness (QED) is 0.220. The molecule has 1 aromatic carbocycles. The molecule has 0 radical (unpaired) electrons. The van der Waals surface area contributed by atoms with Crippen LogP contribution in [0.2, 0.25) is 0 Å². The molecule has 0 spiro atoms. The van der Waals surface area contributed by atoms with Gasteiger partial charge in [-0.05, 0) is 57.1 Å². The van der Waals surface area contributed by atoms with Crippen molar-refractivity contribution in [2.24, 2.45) is 0 Å². The second-order valence-corrected chi connectivity index (χ2v) is 11.0. The van der Waals surface area contributed by atoms with Gasteiger partial charge in [0.25, 0.3) is 10.1 Å². The highest BCUT2D eigenvalue weighted by atomic mass is 32.2. The maximum absolute atomic E-state index is 12.8. The van der Waals surface area contributed by atoms with Crippen molar-refractivity contribution in [2.75, 3.05) is 25.6 Å². The number of urea groups is 1. The van der Waals surface area contributed by atoms with Crippen molar-refractivity contribution < 1.29 is 41.4 Å². The number of carbonyl (C=O) groups is 4. The fraction of sp³-hybridized carbons (Fsp3) is 0.600. The van der Waals surface area contributed by atoms with E-state index in [1.165, 1.54) is 4.90 Å². The summed E-state index contributed by atoms with van der Waals surface area (Å²) in [6.07, 6.45) is 2.11. The van der Waals surface area contributed by atoms with Crippen LogP contribution < -0.4 is 5.32 Å². The van der Waals surface area contributed by atoms with Crippen molar-refractivity contribution in [3.63, 3.8) is 0 Å². The predicted octanol–water partition coefficient (Wildman–Crippen LogP) is 2.19. The van der Waals surface area contributed by atoms with Gasteiger partial charge in [-0.2, -0.15) is 13.5 Å². The highest BCUT2D eigenvalue weighted by Gasteiger charge is 2.49. The van der Waals surface area contributed by atoms with E-state index in [1.807, 2.05) is 32.0 Å². The molecule has 2 heterocycles. The van der Waals surface area contributed by atoms with E-state index in [4.69, 9.17) is 13.8 Å². The number of hydroxylamine groups is 2. The molecule has 2 atom stereocenters. The largest absolute Gasteiger partial charge is 0.462 e. The first-order valence-electron chi connectivity index (χ1n) is 12.7. The lowest BCUT2D eigenvalue weighted by Crippen LogP contribution is -2.50. The third-order valence-corrected chi connectivity index (χ3v) is 7.72. The van der Waals surface area contributed by atoms with Gasteiger partial charge in [0.2, 0.25) is 5.91 Å². The van der Waals surface area contributed by atoms with E-state index in [1.54, 1.807) is 6.92 Å². The van der Waals surface area contributed by atoms with Crippen LogP contribution >= 0.6 is 0 Å². The molecule has 13 heteroatoms. The van der Waals surface area contributed by atoms with Crippen LogP contribution in [0.25, 0.3) is 0 Å². The van der Waals surface area contributed by atoms with Crippen LogP contribution in [0.4, 0.5) is 4.79 Å². The fourth-order valence-electron chi connectivity index (χ4n) is 4.50. The Morgan fingerprint density at radius 3 is 2.45 bits per heavy atom. The molecule has 2 saturated heterocycles. The van der Waals surface area contributed by atoms with E-state index in [9.17, 15) is 27.6 Å². The Labute approximate surface area is 222 Å². The van der Waals surface area contributed by atoms with E-state index < -0.39 is 46.1 Å². The third-order valence-electron chi connectivity index (χ3n) is 6.54. The molecule has 0 unspecified atom stereocenters. The first-order valence-corrected chi connectivity index (χ1v) is 14.3. The smallest absolute Gasteiger partial charge is 0.346 e. The van der Waals surface area contributed by atoms with E-state index in [0.717, 1.165) is 16.2 Å². The molecule has 210 valence electrons. The molecule has 0 aliphatic carbocycles. The Balaban J connectivity index is 1.40. The van der Waals surface area contributed by atoms with Crippen molar-refractivity contribution in [3.8, 4) is 0 Å². The molecule has 2 bridgehead atoms. The van der Waals surface area contributed by atoms with Crippen LogP contribution in [0.5, 0.6) is 0 Å². The van der Waals surface area contributed by atoms with Gasteiger partial charge in [0.05, 0.1) is 24.0 Å². The summed E-state index contributed by atoms with van der Waals surface area (Å²) >= 11 is 0. The van der Waals surface area contributed by atoms with Crippen LogP contribution in [0, 0.1) is 13.8 Å². The van der Waals surface area contributed by atoms with E-state index in [-0.39, 0.29) is 38.5 Å².